The second-order valence-corrected chi connectivity index (χ2v) is 9.56. The monoisotopic (exact) mass is 571 g/mol. The number of guanidine groups is 1. The molecule has 0 aliphatic rings. The molecular formula is C22H37N9O7S. The summed E-state index contributed by atoms with van der Waals surface area (Å²) in [5, 5.41) is 25.8. The van der Waals surface area contributed by atoms with Gasteiger partial charge in [0.05, 0.1) is 12.4 Å². The lowest BCUT2D eigenvalue weighted by molar-refractivity contribution is -0.142. The second kappa shape index (κ2) is 17.6. The average Bonchev–Trinajstić information content (AvgIpc) is 3.38. The number of H-pyrrole nitrogens is 1. The number of thioether (sulfide) groups is 1. The number of nitrogens with two attached hydrogens (primary N) is 3. The Hall–Kier alpha value is -3.86. The minimum Gasteiger partial charge on any atom is -0.481 e. The molecule has 0 bridgehead atoms. The first-order chi connectivity index (χ1) is 18.4. The minimum atomic E-state index is -1.22. The van der Waals surface area contributed by atoms with Crippen LogP contribution in [0.15, 0.2) is 17.5 Å². The van der Waals surface area contributed by atoms with Crippen LogP contribution in [0.3, 0.4) is 0 Å². The summed E-state index contributed by atoms with van der Waals surface area (Å²) >= 11 is 1.42. The highest BCUT2D eigenvalue weighted by Crippen LogP contribution is 2.07. The molecule has 1 aromatic rings. The first-order valence-corrected chi connectivity index (χ1v) is 13.5. The van der Waals surface area contributed by atoms with Gasteiger partial charge in [-0.1, -0.05) is 0 Å². The molecular weight excluding hydrogens is 534 g/mol. The zero-order valence-corrected chi connectivity index (χ0v) is 22.4. The van der Waals surface area contributed by atoms with E-state index in [1.807, 2.05) is 0 Å². The number of aliphatic carboxylic acids is 2. The normalized spacial score (nSPS) is 13.8. The van der Waals surface area contributed by atoms with Crippen LogP contribution in [0.1, 0.15) is 37.8 Å². The molecule has 4 atom stereocenters. The van der Waals surface area contributed by atoms with Crippen molar-refractivity contribution in [1.82, 2.24) is 25.9 Å². The van der Waals surface area contributed by atoms with Gasteiger partial charge >= 0.3 is 11.9 Å². The van der Waals surface area contributed by atoms with E-state index in [2.05, 4.69) is 30.9 Å². The van der Waals surface area contributed by atoms with E-state index in [0.29, 0.717) is 11.4 Å². The Labute approximate surface area is 229 Å². The van der Waals surface area contributed by atoms with Crippen molar-refractivity contribution in [2.75, 3.05) is 18.6 Å². The van der Waals surface area contributed by atoms with Crippen molar-refractivity contribution in [3.63, 3.8) is 0 Å². The first-order valence-electron chi connectivity index (χ1n) is 12.1. The van der Waals surface area contributed by atoms with E-state index in [-0.39, 0.29) is 51.0 Å². The topological polar surface area (TPSA) is 281 Å². The summed E-state index contributed by atoms with van der Waals surface area (Å²) in [5.41, 5.74) is 16.9. The third kappa shape index (κ3) is 13.5. The molecule has 12 N–H and O–H groups in total. The van der Waals surface area contributed by atoms with Gasteiger partial charge in [-0.05, 0) is 37.7 Å². The maximum absolute atomic E-state index is 13.3. The van der Waals surface area contributed by atoms with Crippen LogP contribution in [0.25, 0.3) is 0 Å². The van der Waals surface area contributed by atoms with E-state index in [0.717, 1.165) is 0 Å². The molecule has 17 heteroatoms. The number of carbonyl (C=O) groups is 5. The number of nitrogens with one attached hydrogen (secondary N) is 4. The summed E-state index contributed by atoms with van der Waals surface area (Å²) in [7, 11) is 0. The Morgan fingerprint density at radius 1 is 1.00 bits per heavy atom. The van der Waals surface area contributed by atoms with Crippen LogP contribution in [0.2, 0.25) is 0 Å². The smallest absolute Gasteiger partial charge is 0.326 e. The summed E-state index contributed by atoms with van der Waals surface area (Å²) in [6, 6.07) is -4.75. The molecule has 218 valence electrons. The second-order valence-electron chi connectivity index (χ2n) is 8.57. The number of hydrogen-bond donors (Lipinski definition) is 9. The molecule has 0 aliphatic heterocycles. The zero-order chi connectivity index (χ0) is 29.4. The van der Waals surface area contributed by atoms with Crippen molar-refractivity contribution < 1.29 is 34.2 Å². The van der Waals surface area contributed by atoms with Gasteiger partial charge in [-0.25, -0.2) is 9.78 Å². The Bertz CT molecular complexity index is 987. The van der Waals surface area contributed by atoms with E-state index in [9.17, 15) is 29.1 Å². The average molecular weight is 572 g/mol. The molecule has 0 spiro atoms. The van der Waals surface area contributed by atoms with Gasteiger partial charge in [0.25, 0.3) is 0 Å². The van der Waals surface area contributed by atoms with Crippen LogP contribution in [0, 0.1) is 0 Å². The van der Waals surface area contributed by atoms with E-state index in [1.54, 1.807) is 6.26 Å². The van der Waals surface area contributed by atoms with Crippen molar-refractivity contribution in [3.05, 3.63) is 18.2 Å². The summed E-state index contributed by atoms with van der Waals surface area (Å²) < 4.78 is 0. The predicted octanol–water partition coefficient (Wildman–Crippen LogP) is -2.51. The molecule has 0 aromatic carbocycles. The number of nitrogens with zero attached hydrogens (tertiary/aromatic N) is 2. The maximum atomic E-state index is 13.3. The summed E-state index contributed by atoms with van der Waals surface area (Å²) in [6.07, 6.45) is 4.59. The lowest BCUT2D eigenvalue weighted by Gasteiger charge is -2.25. The SMILES string of the molecule is CSCCC(NC(=O)C(CCCN=C(N)N)NC(=O)C(Cc1cnc[nH]1)NC(=O)C(N)CCC(=O)O)C(=O)O. The molecule has 1 rings (SSSR count). The highest BCUT2D eigenvalue weighted by Gasteiger charge is 2.30. The fourth-order valence-corrected chi connectivity index (χ4v) is 3.80. The van der Waals surface area contributed by atoms with Crippen LogP contribution >= 0.6 is 11.8 Å². The number of carboxylic acid groups (broad SMARTS) is 2. The lowest BCUT2D eigenvalue weighted by atomic mass is 10.1. The van der Waals surface area contributed by atoms with Gasteiger partial charge in [-0.15, -0.1) is 0 Å². The highest BCUT2D eigenvalue weighted by molar-refractivity contribution is 7.98. The Morgan fingerprint density at radius 2 is 1.64 bits per heavy atom. The van der Waals surface area contributed by atoms with Gasteiger partial charge in [0.15, 0.2) is 5.96 Å². The number of aliphatic imine (C=N–C) groups is 1. The van der Waals surface area contributed by atoms with Gasteiger partial charge in [0, 0.05) is 31.3 Å². The minimum absolute atomic E-state index is 0.0446. The van der Waals surface area contributed by atoms with Crippen LogP contribution < -0.4 is 33.2 Å². The van der Waals surface area contributed by atoms with Crippen LogP contribution in [-0.4, -0.2) is 98.5 Å². The van der Waals surface area contributed by atoms with Gasteiger partial charge in [-0.3, -0.25) is 24.2 Å². The van der Waals surface area contributed by atoms with E-state index >= 15 is 0 Å². The van der Waals surface area contributed by atoms with Gasteiger partial charge in [-0.2, -0.15) is 11.8 Å². The van der Waals surface area contributed by atoms with Crippen molar-refractivity contribution in [2.45, 2.75) is 62.7 Å². The molecule has 4 unspecified atom stereocenters. The van der Waals surface area contributed by atoms with Crippen molar-refractivity contribution in [3.8, 4) is 0 Å². The molecule has 1 aromatic heterocycles. The number of aromatic nitrogens is 2. The Kier molecular flexibility index (Phi) is 15.0. The van der Waals surface area contributed by atoms with E-state index in [4.69, 9.17) is 22.3 Å². The molecule has 16 nitrogen and oxygen atoms in total. The standard InChI is InChI=1S/C22H37N9O7S/c1-39-8-6-15(21(37)38)30-19(35)14(3-2-7-27-22(24)25)29-20(36)16(9-12-10-26-11-28-12)31-18(34)13(23)4-5-17(32)33/h10-11,13-16H,2-9,23H2,1H3,(H,26,28)(H,29,36)(H,30,35)(H,31,34)(H,32,33)(H,37,38)(H4,24,25,27). The zero-order valence-electron chi connectivity index (χ0n) is 21.6. The number of rotatable bonds is 19. The third-order valence-corrected chi connectivity index (χ3v) is 6.07. The molecule has 0 saturated heterocycles. The Morgan fingerprint density at radius 3 is 2.21 bits per heavy atom. The molecule has 0 aliphatic carbocycles. The van der Waals surface area contributed by atoms with Gasteiger partial charge in [0.2, 0.25) is 17.7 Å². The highest BCUT2D eigenvalue weighted by atomic mass is 32.2. The van der Waals surface area contributed by atoms with Crippen molar-refractivity contribution in [2.24, 2.45) is 22.2 Å². The number of amides is 3. The fraction of sp³-hybridized carbons (Fsp3) is 0.591. The summed E-state index contributed by atoms with van der Waals surface area (Å²) in [4.78, 5) is 71.9. The van der Waals surface area contributed by atoms with Gasteiger partial charge in [0.1, 0.15) is 18.1 Å². The predicted molar refractivity (Wildman–Crippen MR) is 143 cm³/mol. The summed E-state index contributed by atoms with van der Waals surface area (Å²) in [5.74, 6) is -4.25. The number of imidazole rings is 1. The molecule has 0 fully saturated rings. The number of hydrogen-bond acceptors (Lipinski definition) is 9. The molecule has 1 heterocycles. The summed E-state index contributed by atoms with van der Waals surface area (Å²) in [6.45, 7) is 0.156. The number of carbonyl (C=O) groups excluding carboxylic acids is 3. The number of aromatic amines is 1. The Balaban J connectivity index is 3.08. The fourth-order valence-electron chi connectivity index (χ4n) is 3.32. The van der Waals surface area contributed by atoms with Crippen LogP contribution in [-0.2, 0) is 30.4 Å². The van der Waals surface area contributed by atoms with Crippen LogP contribution in [0.4, 0.5) is 0 Å². The van der Waals surface area contributed by atoms with Crippen LogP contribution in [0.5, 0.6) is 0 Å². The first kappa shape index (κ1) is 33.2. The molecule has 0 saturated carbocycles. The molecule has 39 heavy (non-hydrogen) atoms. The molecule has 3 amide bonds. The largest absolute Gasteiger partial charge is 0.481 e. The maximum Gasteiger partial charge on any atom is 0.326 e. The third-order valence-electron chi connectivity index (χ3n) is 5.42. The van der Waals surface area contributed by atoms with Gasteiger partial charge < -0.3 is 48.3 Å². The van der Waals surface area contributed by atoms with E-state index in [1.165, 1.54) is 24.3 Å². The quantitative estimate of drug-likeness (QED) is 0.0473. The lowest BCUT2D eigenvalue weighted by Crippen LogP contribution is -2.57. The van der Waals surface area contributed by atoms with E-state index < -0.39 is 53.8 Å². The molecule has 0 radical (unpaired) electrons. The van der Waals surface area contributed by atoms with Crippen molar-refractivity contribution in [1.29, 1.82) is 0 Å². The van der Waals surface area contributed by atoms with Crippen molar-refractivity contribution >= 4 is 47.4 Å². The number of carboxylic acids is 2.